The number of carbonyl (C=O) groups excluding carboxylic acids is 1. The minimum atomic E-state index is -0.560. The number of hydrogen-bond donors (Lipinski definition) is 3. The molecule has 6 nitrogen and oxygen atoms in total. The zero-order valence-electron chi connectivity index (χ0n) is 13.1. The largest absolute Gasteiger partial charge is 0.505 e. The molecule has 0 spiro atoms. The van der Waals surface area contributed by atoms with E-state index in [0.29, 0.717) is 11.3 Å². The Morgan fingerprint density at radius 1 is 1.44 bits per heavy atom. The Morgan fingerprint density at radius 2 is 2.20 bits per heavy atom. The lowest BCUT2D eigenvalue weighted by Gasteiger charge is -2.13. The van der Waals surface area contributed by atoms with Gasteiger partial charge in [0.15, 0.2) is 11.4 Å². The van der Waals surface area contributed by atoms with Crippen molar-refractivity contribution in [1.82, 2.24) is 10.3 Å². The number of nitrogens with one attached hydrogen (secondary N) is 1. The lowest BCUT2D eigenvalue weighted by atomic mass is 10.1. The number of hydrogen-bond acceptors (Lipinski definition) is 5. The van der Waals surface area contributed by atoms with E-state index >= 15 is 0 Å². The second kappa shape index (κ2) is 7.25. The van der Waals surface area contributed by atoms with Crippen molar-refractivity contribution >= 4 is 17.5 Å². The third-order valence-electron chi connectivity index (χ3n) is 3.82. The minimum absolute atomic E-state index is 0.0388. The summed E-state index contributed by atoms with van der Waals surface area (Å²) in [6.45, 7) is -0.524. The minimum Gasteiger partial charge on any atom is -0.505 e. The van der Waals surface area contributed by atoms with Gasteiger partial charge in [-0.2, -0.15) is 0 Å². The summed E-state index contributed by atoms with van der Waals surface area (Å²) in [5.74, 6) is -1.09. The van der Waals surface area contributed by atoms with Gasteiger partial charge in [0, 0.05) is 29.4 Å². The zero-order chi connectivity index (χ0) is 18.0. The molecule has 1 fully saturated rings. The van der Waals surface area contributed by atoms with Crippen LogP contribution in [0.3, 0.4) is 0 Å². The number of aliphatic hydroxyl groups is 1. The predicted molar refractivity (Wildman–Crippen MR) is 88.1 cm³/mol. The van der Waals surface area contributed by atoms with Gasteiger partial charge in [-0.15, -0.1) is 0 Å². The van der Waals surface area contributed by atoms with E-state index in [1.807, 2.05) is 0 Å². The highest BCUT2D eigenvalue weighted by Gasteiger charge is 2.27. The quantitative estimate of drug-likeness (QED) is 0.730. The van der Waals surface area contributed by atoms with E-state index in [9.17, 15) is 19.4 Å². The first-order chi connectivity index (χ1) is 12.0. The molecule has 0 bridgehead atoms. The fourth-order valence-corrected chi connectivity index (χ4v) is 2.42. The molecule has 2 aromatic rings. The molecule has 1 aromatic carbocycles. The normalized spacial score (nSPS) is 13.6. The van der Waals surface area contributed by atoms with Gasteiger partial charge in [0.2, 0.25) is 0 Å². The molecule has 1 heterocycles. The lowest BCUT2D eigenvalue weighted by Crippen LogP contribution is -2.26. The fourth-order valence-electron chi connectivity index (χ4n) is 2.25. The Morgan fingerprint density at radius 3 is 2.84 bits per heavy atom. The van der Waals surface area contributed by atoms with Crippen LogP contribution in [0, 0.1) is 5.82 Å². The number of halogens is 2. The van der Waals surface area contributed by atoms with E-state index in [1.54, 1.807) is 0 Å². The Balaban J connectivity index is 1.77. The molecule has 1 aromatic heterocycles. The molecule has 132 valence electrons. The van der Waals surface area contributed by atoms with Gasteiger partial charge in [-0.1, -0.05) is 11.6 Å². The molecule has 0 atom stereocenters. The third kappa shape index (κ3) is 4.00. The average molecular weight is 367 g/mol. The molecule has 1 saturated carbocycles. The van der Waals surface area contributed by atoms with Crippen LogP contribution < -0.4 is 10.1 Å². The number of rotatable bonds is 6. The van der Waals surface area contributed by atoms with Crippen LogP contribution in [0.5, 0.6) is 11.5 Å². The molecule has 3 N–H and O–H groups in total. The summed E-state index contributed by atoms with van der Waals surface area (Å²) in [5.41, 5.74) is 0.428. The van der Waals surface area contributed by atoms with Gasteiger partial charge in [-0.05, 0) is 25.0 Å². The molecule has 1 amide bonds. The molecular formula is C17H16ClFN2O4. The Bertz CT molecular complexity index is 811. The molecule has 0 saturated heterocycles. The number of aromatic hydroxyl groups is 1. The summed E-state index contributed by atoms with van der Waals surface area (Å²) in [7, 11) is 0. The number of nitrogens with zero attached hydrogens (tertiary/aromatic N) is 1. The summed E-state index contributed by atoms with van der Waals surface area (Å²) in [4.78, 5) is 16.0. The summed E-state index contributed by atoms with van der Waals surface area (Å²) >= 11 is 5.69. The first-order valence-corrected chi connectivity index (χ1v) is 8.06. The van der Waals surface area contributed by atoms with Gasteiger partial charge in [-0.3, -0.25) is 4.79 Å². The lowest BCUT2D eigenvalue weighted by molar-refractivity contribution is 0.0942. The number of amides is 1. The van der Waals surface area contributed by atoms with Crippen LogP contribution in [0.25, 0.3) is 0 Å². The van der Waals surface area contributed by atoms with Gasteiger partial charge < -0.3 is 20.3 Å². The van der Waals surface area contributed by atoms with Crippen molar-refractivity contribution in [2.24, 2.45) is 0 Å². The monoisotopic (exact) mass is 366 g/mol. The predicted octanol–water partition coefficient (Wildman–Crippen LogP) is 2.54. The molecule has 25 heavy (non-hydrogen) atoms. The summed E-state index contributed by atoms with van der Waals surface area (Å²) in [5, 5.41) is 22.4. The van der Waals surface area contributed by atoms with Crippen molar-refractivity contribution in [2.75, 3.05) is 0 Å². The molecule has 0 aliphatic heterocycles. The van der Waals surface area contributed by atoms with Crippen molar-refractivity contribution in [3.63, 3.8) is 0 Å². The van der Waals surface area contributed by atoms with E-state index in [2.05, 4.69) is 10.3 Å². The number of aliphatic hydroxyl groups excluding tert-OH is 1. The number of carbonyl (C=O) groups is 1. The van der Waals surface area contributed by atoms with Crippen molar-refractivity contribution in [3.05, 3.63) is 52.1 Å². The third-order valence-corrected chi connectivity index (χ3v) is 4.11. The van der Waals surface area contributed by atoms with Crippen LogP contribution in [-0.4, -0.2) is 27.1 Å². The van der Waals surface area contributed by atoms with Crippen LogP contribution in [0.15, 0.2) is 24.4 Å². The van der Waals surface area contributed by atoms with Crippen LogP contribution in [-0.2, 0) is 13.2 Å². The van der Waals surface area contributed by atoms with Crippen molar-refractivity contribution in [2.45, 2.75) is 32.1 Å². The van der Waals surface area contributed by atoms with Crippen molar-refractivity contribution < 1.29 is 24.1 Å². The van der Waals surface area contributed by atoms with Gasteiger partial charge in [0.05, 0.1) is 11.6 Å². The number of benzene rings is 1. The topological polar surface area (TPSA) is 91.7 Å². The molecule has 0 radical (unpaired) electrons. The number of aromatic nitrogens is 1. The molecule has 1 aliphatic rings. The average Bonchev–Trinajstić information content (AvgIpc) is 3.39. The van der Waals surface area contributed by atoms with E-state index in [-0.39, 0.29) is 34.7 Å². The second-order valence-electron chi connectivity index (χ2n) is 5.73. The number of ether oxygens (including phenoxy) is 1. The second-order valence-corrected chi connectivity index (χ2v) is 6.14. The Kier molecular flexibility index (Phi) is 5.06. The highest BCUT2D eigenvalue weighted by molar-refractivity contribution is 6.30. The fraction of sp³-hybridized carbons (Fsp3) is 0.294. The van der Waals surface area contributed by atoms with Crippen molar-refractivity contribution in [1.29, 1.82) is 0 Å². The zero-order valence-corrected chi connectivity index (χ0v) is 13.9. The maximum Gasteiger partial charge on any atom is 0.273 e. The van der Waals surface area contributed by atoms with Crippen LogP contribution in [0.1, 0.15) is 34.5 Å². The van der Waals surface area contributed by atoms with Crippen molar-refractivity contribution in [3.8, 4) is 11.5 Å². The SMILES string of the molecule is O=C(NC1CC1)c1ncc(COc2ccc(F)c(Cl)c2)c(CO)c1O. The van der Waals surface area contributed by atoms with E-state index in [1.165, 1.54) is 24.4 Å². The van der Waals surface area contributed by atoms with Gasteiger partial charge >= 0.3 is 0 Å². The smallest absolute Gasteiger partial charge is 0.273 e. The molecule has 3 rings (SSSR count). The highest BCUT2D eigenvalue weighted by Crippen LogP contribution is 2.28. The number of pyridine rings is 1. The maximum absolute atomic E-state index is 13.1. The highest BCUT2D eigenvalue weighted by atomic mass is 35.5. The van der Waals surface area contributed by atoms with Crippen LogP contribution >= 0.6 is 11.6 Å². The van der Waals surface area contributed by atoms with Crippen LogP contribution in [0.2, 0.25) is 5.02 Å². The Hall–Kier alpha value is -2.38. The molecule has 8 heteroatoms. The maximum atomic E-state index is 13.1. The standard InChI is InChI=1S/C17H16ClFN2O4/c18-13-5-11(3-4-14(13)19)25-8-9-6-20-15(16(23)12(9)7-22)17(24)21-10-1-2-10/h3-6,10,22-23H,1-2,7-8H2,(H,21,24). The van der Waals surface area contributed by atoms with E-state index in [4.69, 9.17) is 16.3 Å². The molecule has 1 aliphatic carbocycles. The Labute approximate surface area is 148 Å². The summed E-state index contributed by atoms with van der Waals surface area (Å²) in [6, 6.07) is 4.02. The van der Waals surface area contributed by atoms with Gasteiger partial charge in [-0.25, -0.2) is 9.37 Å². The summed E-state index contributed by atoms with van der Waals surface area (Å²) < 4.78 is 18.6. The molecule has 0 unspecified atom stereocenters. The first kappa shape index (κ1) is 17.4. The van der Waals surface area contributed by atoms with E-state index in [0.717, 1.165) is 12.8 Å². The van der Waals surface area contributed by atoms with Gasteiger partial charge in [0.25, 0.3) is 5.91 Å². The summed E-state index contributed by atoms with van der Waals surface area (Å²) in [6.07, 6.45) is 3.18. The van der Waals surface area contributed by atoms with Crippen LogP contribution in [0.4, 0.5) is 4.39 Å². The van der Waals surface area contributed by atoms with Gasteiger partial charge in [0.1, 0.15) is 18.2 Å². The molecular weight excluding hydrogens is 351 g/mol. The van der Waals surface area contributed by atoms with E-state index < -0.39 is 18.3 Å². The first-order valence-electron chi connectivity index (χ1n) is 7.69.